The first kappa shape index (κ1) is 19.8. The fraction of sp³-hybridized carbons (Fsp3) is 0.211. The van der Waals surface area contributed by atoms with Crippen LogP contribution in [0.25, 0.3) is 6.08 Å². The summed E-state index contributed by atoms with van der Waals surface area (Å²) >= 11 is 0.453. The summed E-state index contributed by atoms with van der Waals surface area (Å²) in [7, 11) is 1.53. The Balaban J connectivity index is 1.92. The molecule has 2 aromatic carbocycles. The molecule has 7 heteroatoms. The van der Waals surface area contributed by atoms with Gasteiger partial charge in [-0.05, 0) is 48.9 Å². The van der Waals surface area contributed by atoms with Gasteiger partial charge >= 0.3 is 0 Å². The lowest BCUT2D eigenvalue weighted by atomic mass is 10.2. The van der Waals surface area contributed by atoms with E-state index >= 15 is 0 Å². The number of ether oxygens (including phenoxy) is 2. The molecule has 0 heterocycles. The summed E-state index contributed by atoms with van der Waals surface area (Å²) in [5.41, 5.74) is 1.47. The number of hydrogen-bond donors (Lipinski definition) is 1. The second-order valence-electron chi connectivity index (χ2n) is 5.15. The molecule has 2 rings (SSSR count). The lowest BCUT2D eigenvalue weighted by molar-refractivity contribution is -0.118. The van der Waals surface area contributed by atoms with E-state index in [2.05, 4.69) is 5.32 Å². The first-order valence-corrected chi connectivity index (χ1v) is 8.68. The largest absolute Gasteiger partial charge is 0.493 e. The second-order valence-corrected chi connectivity index (χ2v) is 6.21. The molecule has 0 spiro atoms. The predicted octanol–water partition coefficient (Wildman–Crippen LogP) is 5.06. The molecule has 0 radical (unpaired) electrons. The molecule has 0 bridgehead atoms. The summed E-state index contributed by atoms with van der Waals surface area (Å²) in [4.78, 5) is 12.4. The third-order valence-corrected chi connectivity index (χ3v) is 3.99. The van der Waals surface area contributed by atoms with Crippen molar-refractivity contribution in [2.24, 2.45) is 0 Å². The Morgan fingerprint density at radius 3 is 2.54 bits per heavy atom. The van der Waals surface area contributed by atoms with Crippen LogP contribution in [-0.2, 0) is 4.79 Å². The van der Waals surface area contributed by atoms with Gasteiger partial charge in [-0.15, -0.1) is 0 Å². The van der Waals surface area contributed by atoms with Gasteiger partial charge in [0.05, 0.1) is 7.11 Å². The van der Waals surface area contributed by atoms with Crippen LogP contribution < -0.4 is 14.8 Å². The van der Waals surface area contributed by atoms with Crippen LogP contribution in [0.15, 0.2) is 53.4 Å². The molecule has 4 nitrogen and oxygen atoms in total. The number of amides is 1. The lowest BCUT2D eigenvalue weighted by Gasteiger charge is -2.12. The van der Waals surface area contributed by atoms with Crippen LogP contribution in [0.1, 0.15) is 12.5 Å². The maximum absolute atomic E-state index is 12.3. The van der Waals surface area contributed by atoms with Crippen LogP contribution >= 0.6 is 11.8 Å². The number of methoxy groups -OCH3 is 1. The number of rotatable bonds is 8. The number of carbonyl (C=O) groups is 1. The topological polar surface area (TPSA) is 47.6 Å². The summed E-state index contributed by atoms with van der Waals surface area (Å²) in [5, 5.41) is 2.65. The minimum Gasteiger partial charge on any atom is -0.493 e. The molecule has 0 aliphatic rings. The molecule has 1 amide bonds. The molecule has 0 atom stereocenters. The molecule has 0 fully saturated rings. The van der Waals surface area contributed by atoms with Crippen LogP contribution in [0.5, 0.6) is 11.5 Å². The van der Waals surface area contributed by atoms with Gasteiger partial charge in [0.25, 0.3) is 11.7 Å². The molecule has 138 valence electrons. The Labute approximate surface area is 155 Å². The molecule has 2 aromatic rings. The van der Waals surface area contributed by atoms with Crippen LogP contribution in [0.3, 0.4) is 0 Å². The van der Waals surface area contributed by atoms with Crippen molar-refractivity contribution in [2.75, 3.05) is 19.0 Å². The SMILES string of the molecule is C/C=C/c1ccc(OCC(=O)Nc2ccc(SC(F)F)cc2)c(OC)c1. The van der Waals surface area contributed by atoms with E-state index in [1.54, 1.807) is 18.2 Å². The smallest absolute Gasteiger partial charge is 0.288 e. The highest BCUT2D eigenvalue weighted by Gasteiger charge is 2.09. The highest BCUT2D eigenvalue weighted by molar-refractivity contribution is 7.99. The van der Waals surface area contributed by atoms with Crippen molar-refractivity contribution in [1.82, 2.24) is 0 Å². The summed E-state index contributed by atoms with van der Waals surface area (Å²) in [6, 6.07) is 11.6. The fourth-order valence-electron chi connectivity index (χ4n) is 2.16. The zero-order valence-electron chi connectivity index (χ0n) is 14.4. The molecule has 0 unspecified atom stereocenters. The number of alkyl halides is 2. The van der Waals surface area contributed by atoms with Gasteiger partial charge in [-0.1, -0.05) is 30.0 Å². The van der Waals surface area contributed by atoms with Crippen molar-refractivity contribution in [3.63, 3.8) is 0 Å². The van der Waals surface area contributed by atoms with E-state index in [0.717, 1.165) is 5.56 Å². The monoisotopic (exact) mass is 379 g/mol. The molecular formula is C19H19F2NO3S. The van der Waals surface area contributed by atoms with E-state index in [4.69, 9.17) is 9.47 Å². The average molecular weight is 379 g/mol. The fourth-order valence-corrected chi connectivity index (χ4v) is 2.66. The highest BCUT2D eigenvalue weighted by atomic mass is 32.2. The number of benzene rings is 2. The van der Waals surface area contributed by atoms with E-state index in [-0.39, 0.29) is 12.5 Å². The molecule has 1 N–H and O–H groups in total. The van der Waals surface area contributed by atoms with Crippen molar-refractivity contribution in [2.45, 2.75) is 17.6 Å². The van der Waals surface area contributed by atoms with Gasteiger partial charge < -0.3 is 14.8 Å². The van der Waals surface area contributed by atoms with E-state index in [1.165, 1.54) is 19.2 Å². The number of thioether (sulfide) groups is 1. The second kappa shape index (κ2) is 9.82. The standard InChI is InChI=1S/C19H19F2NO3S/c1-3-4-13-5-10-16(17(11-13)24-2)25-12-18(23)22-14-6-8-15(9-7-14)26-19(20)21/h3-11,19H,12H2,1-2H3,(H,22,23)/b4-3+. The zero-order chi connectivity index (χ0) is 18.9. The van der Waals surface area contributed by atoms with E-state index in [9.17, 15) is 13.6 Å². The minimum absolute atomic E-state index is 0.202. The molecule has 0 saturated heterocycles. The van der Waals surface area contributed by atoms with Crippen LogP contribution in [0.4, 0.5) is 14.5 Å². The van der Waals surface area contributed by atoms with Gasteiger partial charge in [-0.2, -0.15) is 8.78 Å². The molecule has 0 saturated carbocycles. The zero-order valence-corrected chi connectivity index (χ0v) is 15.2. The summed E-state index contributed by atoms with van der Waals surface area (Å²) in [6.45, 7) is 1.72. The average Bonchev–Trinajstić information content (AvgIpc) is 2.62. The Hall–Kier alpha value is -2.54. The van der Waals surface area contributed by atoms with E-state index in [0.29, 0.717) is 33.8 Å². The summed E-state index contributed by atoms with van der Waals surface area (Å²) in [6.07, 6.45) is 3.84. The Bertz CT molecular complexity index is 764. The number of carbonyl (C=O) groups excluding carboxylic acids is 1. The van der Waals surface area contributed by atoms with Gasteiger partial charge in [0.2, 0.25) is 0 Å². The maximum atomic E-state index is 12.3. The first-order valence-electron chi connectivity index (χ1n) is 7.80. The molecule has 26 heavy (non-hydrogen) atoms. The highest BCUT2D eigenvalue weighted by Crippen LogP contribution is 2.29. The quantitative estimate of drug-likeness (QED) is 0.651. The number of halogens is 2. The van der Waals surface area contributed by atoms with Crippen LogP contribution in [0.2, 0.25) is 0 Å². The van der Waals surface area contributed by atoms with Crippen molar-refractivity contribution in [3.8, 4) is 11.5 Å². The Kier molecular flexibility index (Phi) is 7.47. The van der Waals surface area contributed by atoms with Gasteiger partial charge in [0, 0.05) is 10.6 Å². The summed E-state index contributed by atoms with van der Waals surface area (Å²) < 4.78 is 35.4. The van der Waals surface area contributed by atoms with Crippen molar-refractivity contribution < 1.29 is 23.0 Å². The maximum Gasteiger partial charge on any atom is 0.288 e. The molecular weight excluding hydrogens is 360 g/mol. The van der Waals surface area contributed by atoms with Gasteiger partial charge in [0.15, 0.2) is 18.1 Å². The van der Waals surface area contributed by atoms with E-state index < -0.39 is 5.76 Å². The number of allylic oxidation sites excluding steroid dienone is 1. The molecule has 0 aliphatic carbocycles. The molecule has 0 aromatic heterocycles. The third-order valence-electron chi connectivity index (χ3n) is 3.27. The van der Waals surface area contributed by atoms with Gasteiger partial charge in [0.1, 0.15) is 0 Å². The van der Waals surface area contributed by atoms with Gasteiger partial charge in [-0.3, -0.25) is 4.79 Å². The minimum atomic E-state index is -2.47. The van der Waals surface area contributed by atoms with Crippen LogP contribution in [-0.4, -0.2) is 25.4 Å². The van der Waals surface area contributed by atoms with Gasteiger partial charge in [-0.25, -0.2) is 0 Å². The van der Waals surface area contributed by atoms with Crippen molar-refractivity contribution in [1.29, 1.82) is 0 Å². The predicted molar refractivity (Wildman–Crippen MR) is 100 cm³/mol. The lowest BCUT2D eigenvalue weighted by Crippen LogP contribution is -2.20. The normalized spacial score (nSPS) is 11.0. The Morgan fingerprint density at radius 1 is 1.19 bits per heavy atom. The number of nitrogens with one attached hydrogen (secondary N) is 1. The third kappa shape index (κ3) is 6.07. The van der Waals surface area contributed by atoms with Crippen LogP contribution in [0, 0.1) is 0 Å². The summed E-state index contributed by atoms with van der Waals surface area (Å²) in [5.74, 6) is -1.85. The number of hydrogen-bond acceptors (Lipinski definition) is 4. The van der Waals surface area contributed by atoms with Crippen molar-refractivity contribution >= 4 is 29.4 Å². The van der Waals surface area contributed by atoms with E-state index in [1.807, 2.05) is 31.2 Å². The van der Waals surface area contributed by atoms with Crippen molar-refractivity contribution in [3.05, 3.63) is 54.1 Å². The molecule has 0 aliphatic heterocycles. The number of anilines is 1. The first-order chi connectivity index (χ1) is 12.5. The Morgan fingerprint density at radius 2 is 1.92 bits per heavy atom.